The minimum absolute atomic E-state index is 0.117. The lowest BCUT2D eigenvalue weighted by Gasteiger charge is -2.13. The van der Waals surface area contributed by atoms with Gasteiger partial charge >= 0.3 is 0 Å². The molecule has 0 bridgehead atoms. The van der Waals surface area contributed by atoms with Crippen molar-refractivity contribution in [3.05, 3.63) is 69.1 Å². The molecule has 1 aromatic carbocycles. The lowest BCUT2D eigenvalue weighted by atomic mass is 10.1. The highest BCUT2D eigenvalue weighted by molar-refractivity contribution is 5.93. The summed E-state index contributed by atoms with van der Waals surface area (Å²) in [5.41, 5.74) is 2.56. The Bertz CT molecular complexity index is 735. The molecule has 5 nitrogen and oxygen atoms in total. The molecule has 2 aromatic rings. The fourth-order valence-electron chi connectivity index (χ4n) is 2.15. The average molecular weight is 314 g/mol. The molecule has 1 heterocycles. The molecule has 2 N–H and O–H groups in total. The van der Waals surface area contributed by atoms with Gasteiger partial charge in [-0.1, -0.05) is 24.3 Å². The Labute approximate surface area is 135 Å². The molecule has 0 radical (unpaired) electrons. The van der Waals surface area contributed by atoms with Crippen LogP contribution in [0.2, 0.25) is 0 Å². The third-order valence-electron chi connectivity index (χ3n) is 3.43. The number of hydrogen-bond acceptors (Lipinski definition) is 3. The zero-order valence-corrected chi connectivity index (χ0v) is 13.7. The van der Waals surface area contributed by atoms with Crippen LogP contribution in [0.3, 0.4) is 0 Å². The summed E-state index contributed by atoms with van der Waals surface area (Å²) >= 11 is 0. The first kappa shape index (κ1) is 17.0. The van der Waals surface area contributed by atoms with Crippen molar-refractivity contribution in [2.45, 2.75) is 40.0 Å². The third-order valence-corrected chi connectivity index (χ3v) is 3.43. The van der Waals surface area contributed by atoms with Gasteiger partial charge in [-0.25, -0.2) is 0 Å². The first-order chi connectivity index (χ1) is 11.0. The number of aryl methyl sites for hydroxylation is 1. The number of pyridine rings is 1. The summed E-state index contributed by atoms with van der Waals surface area (Å²) in [7, 11) is 0. The van der Waals surface area contributed by atoms with Crippen LogP contribution < -0.4 is 10.7 Å². The molecule has 0 saturated carbocycles. The summed E-state index contributed by atoms with van der Waals surface area (Å²) in [4.78, 5) is 26.9. The number of H-pyrrole nitrogens is 1. The molecule has 0 aliphatic rings. The lowest BCUT2D eigenvalue weighted by Crippen LogP contribution is -2.28. The van der Waals surface area contributed by atoms with E-state index in [0.29, 0.717) is 13.2 Å². The van der Waals surface area contributed by atoms with Crippen molar-refractivity contribution in [1.29, 1.82) is 0 Å². The van der Waals surface area contributed by atoms with E-state index in [-0.39, 0.29) is 23.0 Å². The normalized spacial score (nSPS) is 10.8. The van der Waals surface area contributed by atoms with Crippen LogP contribution in [-0.4, -0.2) is 17.0 Å². The largest absolute Gasteiger partial charge is 0.374 e. The number of aromatic nitrogens is 1. The Morgan fingerprint density at radius 2 is 1.96 bits per heavy atom. The Kier molecular flexibility index (Phi) is 5.71. The van der Waals surface area contributed by atoms with Crippen molar-refractivity contribution in [1.82, 2.24) is 10.3 Å². The van der Waals surface area contributed by atoms with Crippen LogP contribution in [-0.2, 0) is 17.9 Å². The van der Waals surface area contributed by atoms with Gasteiger partial charge in [0.1, 0.15) is 5.56 Å². The number of aromatic amines is 1. The Hall–Kier alpha value is -2.40. The molecule has 0 aliphatic carbocycles. The molecular weight excluding hydrogens is 292 g/mol. The SMILES string of the molecule is Cc1cc(=O)c(C(=O)NCc2ccccc2COC(C)C)c[nH]1. The van der Waals surface area contributed by atoms with Gasteiger partial charge in [-0.05, 0) is 31.9 Å². The Balaban J connectivity index is 2.05. The smallest absolute Gasteiger partial charge is 0.257 e. The third kappa shape index (κ3) is 4.79. The number of carbonyl (C=O) groups is 1. The maximum atomic E-state index is 12.2. The van der Waals surface area contributed by atoms with E-state index in [2.05, 4.69) is 10.3 Å². The van der Waals surface area contributed by atoms with Gasteiger partial charge in [0.05, 0.1) is 12.7 Å². The van der Waals surface area contributed by atoms with Gasteiger partial charge in [-0.15, -0.1) is 0 Å². The summed E-state index contributed by atoms with van der Waals surface area (Å²) < 4.78 is 5.62. The summed E-state index contributed by atoms with van der Waals surface area (Å²) in [6, 6.07) is 9.19. The highest BCUT2D eigenvalue weighted by atomic mass is 16.5. The molecule has 1 aromatic heterocycles. The van der Waals surface area contributed by atoms with Gasteiger partial charge in [0, 0.05) is 24.5 Å². The zero-order chi connectivity index (χ0) is 16.8. The molecule has 5 heteroatoms. The van der Waals surface area contributed by atoms with Crippen molar-refractivity contribution < 1.29 is 9.53 Å². The quantitative estimate of drug-likeness (QED) is 0.860. The number of rotatable bonds is 6. The number of hydrogen-bond donors (Lipinski definition) is 2. The van der Waals surface area contributed by atoms with Gasteiger partial charge < -0.3 is 15.0 Å². The molecule has 0 spiro atoms. The van der Waals surface area contributed by atoms with Crippen LogP contribution in [0.25, 0.3) is 0 Å². The van der Waals surface area contributed by atoms with Crippen LogP contribution in [0.5, 0.6) is 0 Å². The van der Waals surface area contributed by atoms with Crippen LogP contribution in [0.1, 0.15) is 41.0 Å². The van der Waals surface area contributed by atoms with Crippen molar-refractivity contribution in [2.75, 3.05) is 0 Å². The molecule has 0 aliphatic heterocycles. The van der Waals surface area contributed by atoms with Crippen molar-refractivity contribution in [2.24, 2.45) is 0 Å². The van der Waals surface area contributed by atoms with E-state index in [1.807, 2.05) is 38.1 Å². The summed E-state index contributed by atoms with van der Waals surface area (Å²) in [6.45, 7) is 6.58. The average Bonchev–Trinajstić information content (AvgIpc) is 2.51. The highest BCUT2D eigenvalue weighted by Gasteiger charge is 2.11. The second-order valence-corrected chi connectivity index (χ2v) is 5.71. The van der Waals surface area contributed by atoms with E-state index in [1.165, 1.54) is 12.3 Å². The highest BCUT2D eigenvalue weighted by Crippen LogP contribution is 2.11. The van der Waals surface area contributed by atoms with Gasteiger partial charge in [0.15, 0.2) is 5.43 Å². The van der Waals surface area contributed by atoms with Crippen LogP contribution in [0.15, 0.2) is 41.3 Å². The second kappa shape index (κ2) is 7.74. The maximum Gasteiger partial charge on any atom is 0.257 e. The molecule has 1 amide bonds. The van der Waals surface area contributed by atoms with Gasteiger partial charge in [0.2, 0.25) is 0 Å². The van der Waals surface area contributed by atoms with Crippen LogP contribution >= 0.6 is 0 Å². The number of carbonyl (C=O) groups excluding carboxylic acids is 1. The number of nitrogens with one attached hydrogen (secondary N) is 2. The monoisotopic (exact) mass is 314 g/mol. The maximum absolute atomic E-state index is 12.2. The fourth-order valence-corrected chi connectivity index (χ4v) is 2.15. The predicted octanol–water partition coefficient (Wildman–Crippen LogP) is 2.54. The van der Waals surface area contributed by atoms with E-state index in [9.17, 15) is 9.59 Å². The van der Waals surface area contributed by atoms with Crippen molar-refractivity contribution in [3.63, 3.8) is 0 Å². The first-order valence-electron chi connectivity index (χ1n) is 7.63. The first-order valence-corrected chi connectivity index (χ1v) is 7.63. The van der Waals surface area contributed by atoms with Gasteiger partial charge in [-0.3, -0.25) is 9.59 Å². The van der Waals surface area contributed by atoms with E-state index in [0.717, 1.165) is 16.8 Å². The Morgan fingerprint density at radius 1 is 1.26 bits per heavy atom. The standard InChI is InChI=1S/C18H22N2O3/c1-12(2)23-11-15-7-5-4-6-14(15)9-20-18(22)16-10-19-13(3)8-17(16)21/h4-8,10,12H,9,11H2,1-3H3,(H,19,21)(H,20,22). The molecule has 0 unspecified atom stereocenters. The van der Waals surface area contributed by atoms with Crippen LogP contribution in [0, 0.1) is 6.92 Å². The minimum atomic E-state index is -0.383. The number of ether oxygens (including phenoxy) is 1. The lowest BCUT2D eigenvalue weighted by molar-refractivity contribution is 0.0651. The van der Waals surface area contributed by atoms with E-state index >= 15 is 0 Å². The summed E-state index contributed by atoms with van der Waals surface area (Å²) in [5, 5.41) is 2.79. The molecule has 0 saturated heterocycles. The number of benzene rings is 1. The summed E-state index contributed by atoms with van der Waals surface area (Å²) in [5.74, 6) is -0.383. The van der Waals surface area contributed by atoms with E-state index < -0.39 is 0 Å². The molecule has 122 valence electrons. The minimum Gasteiger partial charge on any atom is -0.374 e. The topological polar surface area (TPSA) is 71.2 Å². The molecule has 0 atom stereocenters. The van der Waals surface area contributed by atoms with Crippen molar-refractivity contribution in [3.8, 4) is 0 Å². The number of amides is 1. The second-order valence-electron chi connectivity index (χ2n) is 5.71. The van der Waals surface area contributed by atoms with Crippen LogP contribution in [0.4, 0.5) is 0 Å². The Morgan fingerprint density at radius 3 is 2.61 bits per heavy atom. The summed E-state index contributed by atoms with van der Waals surface area (Å²) in [6.07, 6.45) is 1.59. The molecule has 2 rings (SSSR count). The van der Waals surface area contributed by atoms with Gasteiger partial charge in [-0.2, -0.15) is 0 Å². The van der Waals surface area contributed by atoms with E-state index in [1.54, 1.807) is 6.92 Å². The van der Waals surface area contributed by atoms with Gasteiger partial charge in [0.25, 0.3) is 5.91 Å². The zero-order valence-electron chi connectivity index (χ0n) is 13.7. The van der Waals surface area contributed by atoms with E-state index in [4.69, 9.17) is 4.74 Å². The predicted molar refractivity (Wildman–Crippen MR) is 89.3 cm³/mol. The molecular formula is C18H22N2O3. The van der Waals surface area contributed by atoms with Crippen molar-refractivity contribution >= 4 is 5.91 Å². The molecule has 23 heavy (non-hydrogen) atoms. The molecule has 0 fully saturated rings. The fraction of sp³-hybridized carbons (Fsp3) is 0.333.